The average molecular weight is 358 g/mol. The minimum atomic E-state index is -0.957. The Morgan fingerprint density at radius 2 is 2.35 bits per heavy atom. The maximum Gasteiger partial charge on any atom is 0.275 e. The molecule has 2 unspecified atom stereocenters. The second-order valence-electron chi connectivity index (χ2n) is 6.34. The van der Waals surface area contributed by atoms with Crippen molar-refractivity contribution in [3.8, 4) is 0 Å². The number of nitrogens with zero attached hydrogens (tertiary/aromatic N) is 5. The minimum absolute atomic E-state index is 0.118. The van der Waals surface area contributed by atoms with Crippen molar-refractivity contribution >= 4 is 17.8 Å². The number of rotatable bonds is 4. The van der Waals surface area contributed by atoms with Gasteiger partial charge < -0.3 is 9.32 Å². The van der Waals surface area contributed by atoms with E-state index in [1.54, 1.807) is 17.5 Å². The van der Waals surface area contributed by atoms with Crippen molar-refractivity contribution in [1.82, 2.24) is 20.3 Å². The van der Waals surface area contributed by atoms with Gasteiger partial charge in [0.05, 0.1) is 36.6 Å². The fourth-order valence-electron chi connectivity index (χ4n) is 3.00. The number of alkyl halides is 1. The van der Waals surface area contributed by atoms with E-state index in [9.17, 15) is 9.18 Å². The molecule has 0 aromatic carbocycles. The highest BCUT2D eigenvalue weighted by molar-refractivity contribution is 5.92. The first-order valence-corrected chi connectivity index (χ1v) is 8.52. The van der Waals surface area contributed by atoms with Crippen molar-refractivity contribution in [2.24, 2.45) is 5.10 Å². The van der Waals surface area contributed by atoms with Crippen LogP contribution in [0.15, 0.2) is 34.1 Å². The number of aromatic nitrogens is 2. The number of amides is 1. The third-order valence-electron chi connectivity index (χ3n) is 4.52. The maximum atomic E-state index is 13.3. The molecule has 1 saturated heterocycles. The summed E-state index contributed by atoms with van der Waals surface area (Å²) in [6.07, 6.45) is 4.23. The Morgan fingerprint density at radius 1 is 1.46 bits per heavy atom. The van der Waals surface area contributed by atoms with Gasteiger partial charge in [0.1, 0.15) is 12.4 Å². The van der Waals surface area contributed by atoms with E-state index >= 15 is 0 Å². The first kappa shape index (κ1) is 16.6. The number of halogens is 1. The second-order valence-corrected chi connectivity index (χ2v) is 6.34. The molecule has 1 N–H and O–H groups in total. The maximum absolute atomic E-state index is 13.3. The van der Waals surface area contributed by atoms with Crippen molar-refractivity contribution in [1.29, 1.82) is 0 Å². The number of likely N-dealkylation sites (tertiary alicyclic amines) is 1. The van der Waals surface area contributed by atoms with Crippen LogP contribution in [0.3, 0.4) is 0 Å². The number of nitrogens with one attached hydrogen (secondary N) is 1. The molecule has 0 radical (unpaired) electrons. The van der Waals surface area contributed by atoms with Gasteiger partial charge in [-0.3, -0.25) is 9.78 Å². The number of hydrazone groups is 1. The van der Waals surface area contributed by atoms with Crippen molar-refractivity contribution < 1.29 is 13.6 Å². The van der Waals surface area contributed by atoms with Gasteiger partial charge in [0.25, 0.3) is 5.91 Å². The molecule has 2 atom stereocenters. The van der Waals surface area contributed by atoms with Gasteiger partial charge in [-0.15, -0.1) is 0 Å². The normalized spacial score (nSPS) is 20.8. The lowest BCUT2D eigenvalue weighted by molar-refractivity contribution is 0.0777. The molecule has 136 valence electrons. The Kier molecular flexibility index (Phi) is 4.37. The van der Waals surface area contributed by atoms with Gasteiger partial charge in [-0.25, -0.2) is 14.8 Å². The Morgan fingerprint density at radius 3 is 3.00 bits per heavy atom. The number of oxazole rings is 1. The Bertz CT molecular complexity index is 821. The van der Waals surface area contributed by atoms with Crippen LogP contribution in [-0.2, 0) is 0 Å². The number of anilines is 1. The van der Waals surface area contributed by atoms with Gasteiger partial charge >= 0.3 is 0 Å². The highest BCUT2D eigenvalue weighted by atomic mass is 19.1. The monoisotopic (exact) mass is 358 g/mol. The zero-order chi connectivity index (χ0) is 18.1. The van der Waals surface area contributed by atoms with Crippen molar-refractivity contribution in [3.63, 3.8) is 0 Å². The van der Waals surface area contributed by atoms with Crippen LogP contribution < -0.4 is 10.5 Å². The van der Waals surface area contributed by atoms with Crippen LogP contribution >= 0.6 is 0 Å². The van der Waals surface area contributed by atoms with Gasteiger partial charge in [-0.05, 0) is 25.5 Å². The molecule has 2 aliphatic rings. The largest absolute Gasteiger partial charge is 0.447 e. The number of pyridine rings is 1. The van der Waals surface area contributed by atoms with Crippen molar-refractivity contribution in [2.45, 2.75) is 25.4 Å². The summed E-state index contributed by atoms with van der Waals surface area (Å²) in [5.74, 6) is -0.108. The second kappa shape index (κ2) is 6.83. The first-order chi connectivity index (χ1) is 12.6. The molecular weight excluding hydrogens is 339 g/mol. The number of carbonyl (C=O) groups is 1. The minimum Gasteiger partial charge on any atom is -0.447 e. The third kappa shape index (κ3) is 3.17. The predicted molar refractivity (Wildman–Crippen MR) is 92.6 cm³/mol. The summed E-state index contributed by atoms with van der Waals surface area (Å²) in [5, 5.41) is 5.81. The molecule has 2 aliphatic heterocycles. The molecule has 4 heterocycles. The van der Waals surface area contributed by atoms with E-state index in [0.717, 1.165) is 11.4 Å². The van der Waals surface area contributed by atoms with Crippen molar-refractivity contribution in [2.75, 3.05) is 24.8 Å². The number of hydrogen-bond donors (Lipinski definition) is 1. The summed E-state index contributed by atoms with van der Waals surface area (Å²) in [5.41, 5.74) is 4.87. The summed E-state index contributed by atoms with van der Waals surface area (Å²) in [7, 11) is 0. The number of hydrazine groups is 1. The van der Waals surface area contributed by atoms with Crippen molar-refractivity contribution in [3.05, 3.63) is 41.9 Å². The Balaban J connectivity index is 1.46. The number of hydrogen-bond acceptors (Lipinski definition) is 7. The zero-order valence-electron chi connectivity index (χ0n) is 14.3. The SMILES string of the molecule is CC(c1ccc(N2N=CCN2)cn1)c1nc(C(=O)N2CCC(F)C2)co1. The molecule has 8 nitrogen and oxygen atoms in total. The van der Waals surface area contributed by atoms with E-state index in [1.165, 1.54) is 11.2 Å². The van der Waals surface area contributed by atoms with Gasteiger partial charge in [-0.2, -0.15) is 10.2 Å². The summed E-state index contributed by atoms with van der Waals surface area (Å²) < 4.78 is 18.8. The first-order valence-electron chi connectivity index (χ1n) is 8.52. The van der Waals surface area contributed by atoms with E-state index in [-0.39, 0.29) is 24.1 Å². The van der Waals surface area contributed by atoms with Gasteiger partial charge in [0.2, 0.25) is 5.89 Å². The van der Waals surface area contributed by atoms with E-state index in [0.29, 0.717) is 25.4 Å². The summed E-state index contributed by atoms with van der Waals surface area (Å²) in [6, 6.07) is 3.77. The molecule has 2 aromatic rings. The molecule has 4 rings (SSSR count). The van der Waals surface area contributed by atoms with E-state index in [1.807, 2.05) is 19.1 Å². The molecule has 1 amide bonds. The zero-order valence-corrected chi connectivity index (χ0v) is 14.3. The van der Waals surface area contributed by atoms with Crippen LogP contribution in [-0.4, -0.2) is 52.8 Å². The fourth-order valence-corrected chi connectivity index (χ4v) is 3.00. The quantitative estimate of drug-likeness (QED) is 0.895. The van der Waals surface area contributed by atoms with Crippen LogP contribution in [0.2, 0.25) is 0 Å². The third-order valence-corrected chi connectivity index (χ3v) is 4.52. The van der Waals surface area contributed by atoms with E-state index in [4.69, 9.17) is 4.42 Å². The lowest BCUT2D eigenvalue weighted by atomic mass is 10.1. The van der Waals surface area contributed by atoms with Crippen LogP contribution in [0.4, 0.5) is 10.1 Å². The molecular formula is C17H19FN6O2. The van der Waals surface area contributed by atoms with Gasteiger partial charge in [0, 0.05) is 12.8 Å². The molecule has 0 bridgehead atoms. The summed E-state index contributed by atoms with van der Waals surface area (Å²) in [4.78, 5) is 22.5. The topological polar surface area (TPSA) is 86.9 Å². The molecule has 9 heteroatoms. The Hall–Kier alpha value is -2.81. The van der Waals surface area contributed by atoms with Crippen LogP contribution in [0.5, 0.6) is 0 Å². The van der Waals surface area contributed by atoms with Crippen LogP contribution in [0.25, 0.3) is 0 Å². The lowest BCUT2D eigenvalue weighted by Crippen LogP contribution is -2.29. The van der Waals surface area contributed by atoms with Gasteiger partial charge in [0.15, 0.2) is 5.69 Å². The van der Waals surface area contributed by atoms with Gasteiger partial charge in [-0.1, -0.05) is 0 Å². The molecule has 2 aromatic heterocycles. The lowest BCUT2D eigenvalue weighted by Gasteiger charge is -2.14. The average Bonchev–Trinajstić information content (AvgIpc) is 3.42. The molecule has 0 saturated carbocycles. The molecule has 0 spiro atoms. The predicted octanol–water partition coefficient (Wildman–Crippen LogP) is 1.72. The highest BCUT2D eigenvalue weighted by Crippen LogP contribution is 2.24. The highest BCUT2D eigenvalue weighted by Gasteiger charge is 2.29. The fraction of sp³-hybridized carbons (Fsp3) is 0.412. The molecule has 0 aliphatic carbocycles. The van der Waals surface area contributed by atoms with E-state index < -0.39 is 6.17 Å². The standard InChI is InChI=1S/C17H19FN6O2/c1-11(14-3-2-13(8-19-14)24-20-5-6-21-24)16-22-15(10-26-16)17(25)23-7-4-12(18)9-23/h2-3,5,8,10-12,21H,4,6-7,9H2,1H3. The molecule has 26 heavy (non-hydrogen) atoms. The van der Waals surface area contributed by atoms with E-state index in [2.05, 4.69) is 20.5 Å². The summed E-state index contributed by atoms with van der Waals surface area (Å²) >= 11 is 0. The molecule has 1 fully saturated rings. The Labute approximate surface area is 149 Å². The summed E-state index contributed by atoms with van der Waals surface area (Å²) in [6.45, 7) is 3.12. The smallest absolute Gasteiger partial charge is 0.275 e. The number of carbonyl (C=O) groups excluding carboxylic acids is 1. The van der Waals surface area contributed by atoms with Crippen LogP contribution in [0, 0.1) is 0 Å². The van der Waals surface area contributed by atoms with Crippen LogP contribution in [0.1, 0.15) is 41.3 Å².